The van der Waals surface area contributed by atoms with E-state index in [1.807, 2.05) is 6.92 Å². The first-order valence-corrected chi connectivity index (χ1v) is 9.20. The number of hydrogen-bond acceptors (Lipinski definition) is 3. The van der Waals surface area contributed by atoms with Crippen molar-refractivity contribution in [1.82, 2.24) is 20.4 Å². The van der Waals surface area contributed by atoms with Gasteiger partial charge < -0.3 is 15.5 Å². The standard InChI is InChI=1S/C20H34N4O/c1-15(16-7-9-17(10-8-16)20(2,3)4)22-19(25)21-13-18-14-23(5)11-12-24(18)6/h7-10,15,18H,11-14H2,1-6H3,(H2,21,22,25)/t15-,18-/m1/s1. The number of piperazine rings is 1. The lowest BCUT2D eigenvalue weighted by Gasteiger charge is -2.37. The van der Waals surface area contributed by atoms with Crippen LogP contribution in [0.15, 0.2) is 24.3 Å². The summed E-state index contributed by atoms with van der Waals surface area (Å²) in [5.74, 6) is 0. The van der Waals surface area contributed by atoms with Gasteiger partial charge in [0.2, 0.25) is 0 Å². The quantitative estimate of drug-likeness (QED) is 0.881. The summed E-state index contributed by atoms with van der Waals surface area (Å²) in [4.78, 5) is 16.9. The van der Waals surface area contributed by atoms with E-state index >= 15 is 0 Å². The van der Waals surface area contributed by atoms with E-state index in [2.05, 4.69) is 79.6 Å². The molecule has 5 nitrogen and oxygen atoms in total. The monoisotopic (exact) mass is 346 g/mol. The van der Waals surface area contributed by atoms with Gasteiger partial charge in [0.05, 0.1) is 6.04 Å². The van der Waals surface area contributed by atoms with Crippen molar-refractivity contribution in [2.45, 2.75) is 45.2 Å². The summed E-state index contributed by atoms with van der Waals surface area (Å²) in [6, 6.07) is 8.77. The number of urea groups is 1. The topological polar surface area (TPSA) is 47.6 Å². The molecular weight excluding hydrogens is 312 g/mol. The zero-order valence-electron chi connectivity index (χ0n) is 16.6. The van der Waals surface area contributed by atoms with Crippen molar-refractivity contribution < 1.29 is 4.79 Å². The van der Waals surface area contributed by atoms with E-state index in [1.165, 1.54) is 5.56 Å². The molecule has 0 radical (unpaired) electrons. The molecule has 2 rings (SSSR count). The van der Waals surface area contributed by atoms with Gasteiger partial charge in [0.1, 0.15) is 0 Å². The summed E-state index contributed by atoms with van der Waals surface area (Å²) in [6.45, 7) is 12.4. The molecule has 2 N–H and O–H groups in total. The number of amides is 2. The van der Waals surface area contributed by atoms with E-state index in [0.717, 1.165) is 25.2 Å². The van der Waals surface area contributed by atoms with Crippen molar-refractivity contribution >= 4 is 6.03 Å². The molecule has 1 heterocycles. The average molecular weight is 347 g/mol. The van der Waals surface area contributed by atoms with Crippen molar-refractivity contribution in [2.75, 3.05) is 40.3 Å². The summed E-state index contributed by atoms with van der Waals surface area (Å²) in [7, 11) is 4.25. The molecule has 0 bridgehead atoms. The third-order valence-corrected chi connectivity index (χ3v) is 5.10. The lowest BCUT2D eigenvalue weighted by atomic mass is 9.86. The fourth-order valence-corrected chi connectivity index (χ4v) is 3.14. The SMILES string of the molecule is C[C@@H](NC(=O)NC[C@@H]1CN(C)CCN1C)c1ccc(C(C)(C)C)cc1. The maximum atomic E-state index is 12.2. The minimum Gasteiger partial charge on any atom is -0.337 e. The molecule has 1 aromatic carbocycles. The summed E-state index contributed by atoms with van der Waals surface area (Å²) in [5, 5.41) is 6.06. The van der Waals surface area contributed by atoms with Crippen molar-refractivity contribution in [1.29, 1.82) is 0 Å². The molecule has 0 aliphatic carbocycles. The highest BCUT2D eigenvalue weighted by Crippen LogP contribution is 2.23. The Hall–Kier alpha value is -1.59. The van der Waals surface area contributed by atoms with Crippen molar-refractivity contribution in [2.24, 2.45) is 0 Å². The molecule has 0 aromatic heterocycles. The van der Waals surface area contributed by atoms with Crippen LogP contribution >= 0.6 is 0 Å². The normalized spacial score (nSPS) is 21.0. The zero-order valence-corrected chi connectivity index (χ0v) is 16.6. The van der Waals surface area contributed by atoms with Crippen LogP contribution in [0.5, 0.6) is 0 Å². The number of benzene rings is 1. The molecule has 25 heavy (non-hydrogen) atoms. The van der Waals surface area contributed by atoms with Crippen molar-refractivity contribution in [3.63, 3.8) is 0 Å². The van der Waals surface area contributed by atoms with Crippen molar-refractivity contribution in [3.8, 4) is 0 Å². The molecule has 1 aliphatic rings. The van der Waals surface area contributed by atoms with E-state index in [4.69, 9.17) is 0 Å². The van der Waals surface area contributed by atoms with Gasteiger partial charge in [-0.3, -0.25) is 4.90 Å². The Morgan fingerprint density at radius 1 is 1.20 bits per heavy atom. The zero-order chi connectivity index (χ0) is 18.6. The highest BCUT2D eigenvalue weighted by Gasteiger charge is 2.22. The maximum absolute atomic E-state index is 12.2. The molecule has 0 unspecified atom stereocenters. The van der Waals surface area contributed by atoms with Gasteiger partial charge in [-0.25, -0.2) is 4.79 Å². The van der Waals surface area contributed by atoms with Crippen LogP contribution in [0.25, 0.3) is 0 Å². The average Bonchev–Trinajstić information content (AvgIpc) is 2.55. The Morgan fingerprint density at radius 3 is 2.44 bits per heavy atom. The first kappa shape index (κ1) is 19.7. The Morgan fingerprint density at radius 2 is 1.84 bits per heavy atom. The molecule has 0 spiro atoms. The van der Waals surface area contributed by atoms with Gasteiger partial charge in [-0.05, 0) is 37.6 Å². The predicted octanol–water partition coefficient (Wildman–Crippen LogP) is 2.59. The van der Waals surface area contributed by atoms with Gasteiger partial charge in [0.25, 0.3) is 0 Å². The molecule has 140 valence electrons. The van der Waals surface area contributed by atoms with Crippen LogP contribution in [-0.2, 0) is 5.41 Å². The number of carbonyl (C=O) groups is 1. The van der Waals surface area contributed by atoms with E-state index in [1.54, 1.807) is 0 Å². The number of hydrogen-bond donors (Lipinski definition) is 2. The van der Waals surface area contributed by atoms with Crippen molar-refractivity contribution in [3.05, 3.63) is 35.4 Å². The third-order valence-electron chi connectivity index (χ3n) is 5.10. The minimum absolute atomic E-state index is 0.0132. The van der Waals surface area contributed by atoms with E-state index in [9.17, 15) is 4.79 Å². The van der Waals surface area contributed by atoms with Crippen LogP contribution in [0.4, 0.5) is 4.79 Å². The Bertz CT molecular complexity index is 564. The van der Waals surface area contributed by atoms with Crippen LogP contribution in [0.1, 0.15) is 44.9 Å². The van der Waals surface area contributed by atoms with Gasteiger partial charge in [-0.15, -0.1) is 0 Å². The Labute approximate surface area is 152 Å². The fourth-order valence-electron chi connectivity index (χ4n) is 3.14. The lowest BCUT2D eigenvalue weighted by Crippen LogP contribution is -2.55. The predicted molar refractivity (Wildman–Crippen MR) is 104 cm³/mol. The third kappa shape index (κ3) is 5.72. The Kier molecular flexibility index (Phi) is 6.47. The number of likely N-dealkylation sites (N-methyl/N-ethyl adjacent to an activating group) is 2. The molecule has 5 heteroatoms. The molecule has 1 saturated heterocycles. The largest absolute Gasteiger partial charge is 0.337 e. The number of rotatable bonds is 4. The summed E-state index contributed by atoms with van der Waals surface area (Å²) >= 11 is 0. The molecular formula is C20H34N4O. The maximum Gasteiger partial charge on any atom is 0.315 e. The van der Waals surface area contributed by atoms with Crippen LogP contribution in [0.2, 0.25) is 0 Å². The minimum atomic E-state index is -0.103. The van der Waals surface area contributed by atoms with Gasteiger partial charge in [-0.1, -0.05) is 45.0 Å². The molecule has 2 amide bonds. The van der Waals surface area contributed by atoms with Gasteiger partial charge in [0.15, 0.2) is 0 Å². The highest BCUT2D eigenvalue weighted by atomic mass is 16.2. The second-order valence-corrected chi connectivity index (χ2v) is 8.34. The van der Waals surface area contributed by atoms with Crippen LogP contribution < -0.4 is 10.6 Å². The van der Waals surface area contributed by atoms with Crippen LogP contribution in [-0.4, -0.2) is 62.1 Å². The first-order chi connectivity index (χ1) is 11.7. The molecule has 1 aliphatic heterocycles. The smallest absolute Gasteiger partial charge is 0.315 e. The Balaban J connectivity index is 1.83. The summed E-state index contributed by atoms with van der Waals surface area (Å²) in [6.07, 6.45) is 0. The second-order valence-electron chi connectivity index (χ2n) is 8.34. The summed E-state index contributed by atoms with van der Waals surface area (Å²) in [5.41, 5.74) is 2.57. The molecule has 0 saturated carbocycles. The number of nitrogens with one attached hydrogen (secondary N) is 2. The molecule has 2 atom stereocenters. The lowest BCUT2D eigenvalue weighted by molar-refractivity contribution is 0.114. The van der Waals surface area contributed by atoms with Crippen LogP contribution in [0, 0.1) is 0 Å². The summed E-state index contributed by atoms with van der Waals surface area (Å²) < 4.78 is 0. The second kappa shape index (κ2) is 8.19. The van der Waals surface area contributed by atoms with E-state index < -0.39 is 0 Å². The van der Waals surface area contributed by atoms with Crippen LogP contribution in [0.3, 0.4) is 0 Å². The van der Waals surface area contributed by atoms with Gasteiger partial charge >= 0.3 is 6.03 Å². The molecule has 1 aromatic rings. The molecule has 1 fully saturated rings. The van der Waals surface area contributed by atoms with E-state index in [-0.39, 0.29) is 17.5 Å². The fraction of sp³-hybridized carbons (Fsp3) is 0.650. The highest BCUT2D eigenvalue weighted by molar-refractivity contribution is 5.74. The first-order valence-electron chi connectivity index (χ1n) is 9.20. The van der Waals surface area contributed by atoms with E-state index in [0.29, 0.717) is 12.6 Å². The van der Waals surface area contributed by atoms with Gasteiger partial charge in [0, 0.05) is 32.2 Å². The number of nitrogens with zero attached hydrogens (tertiary/aromatic N) is 2. The van der Waals surface area contributed by atoms with Gasteiger partial charge in [-0.2, -0.15) is 0 Å². The number of carbonyl (C=O) groups excluding carboxylic acids is 1.